The summed E-state index contributed by atoms with van der Waals surface area (Å²) < 4.78 is 0. The highest BCUT2D eigenvalue weighted by atomic mass is 16.1. The second-order valence-electron chi connectivity index (χ2n) is 3.59. The number of likely N-dealkylation sites (N-methyl/N-ethyl adjacent to an activating group) is 1. The Hall–Kier alpha value is -1.15. The number of hydrogen-bond acceptors (Lipinski definition) is 2. The summed E-state index contributed by atoms with van der Waals surface area (Å²) in [5.41, 5.74) is 2.68. The van der Waals surface area contributed by atoms with Crippen molar-refractivity contribution in [2.24, 2.45) is 0 Å². The SMILES string of the molecule is CN(C)CC=O.Cc1cccc(C)c1. The van der Waals surface area contributed by atoms with Gasteiger partial charge in [-0.15, -0.1) is 0 Å². The second-order valence-corrected chi connectivity index (χ2v) is 3.59. The molecular formula is C12H19NO. The van der Waals surface area contributed by atoms with Crippen molar-refractivity contribution in [1.82, 2.24) is 4.90 Å². The third kappa shape index (κ3) is 7.50. The first-order valence-electron chi connectivity index (χ1n) is 4.68. The van der Waals surface area contributed by atoms with E-state index < -0.39 is 0 Å². The van der Waals surface area contributed by atoms with E-state index in [2.05, 4.69) is 38.1 Å². The van der Waals surface area contributed by atoms with Crippen molar-refractivity contribution in [2.45, 2.75) is 13.8 Å². The molecule has 0 heterocycles. The lowest BCUT2D eigenvalue weighted by atomic mass is 10.2. The Morgan fingerprint density at radius 3 is 1.86 bits per heavy atom. The lowest BCUT2D eigenvalue weighted by molar-refractivity contribution is -0.108. The molecule has 0 saturated carbocycles. The lowest BCUT2D eigenvalue weighted by Gasteiger charge is -1.99. The zero-order chi connectivity index (χ0) is 11.0. The lowest BCUT2D eigenvalue weighted by Crippen LogP contribution is -2.13. The predicted molar refractivity (Wildman–Crippen MR) is 60.5 cm³/mol. The molecule has 2 heteroatoms. The van der Waals surface area contributed by atoms with Crippen molar-refractivity contribution in [3.8, 4) is 0 Å². The Morgan fingerprint density at radius 2 is 1.71 bits per heavy atom. The molecule has 0 N–H and O–H groups in total. The number of rotatable bonds is 2. The highest BCUT2D eigenvalue weighted by molar-refractivity contribution is 5.51. The molecule has 0 bridgehead atoms. The molecule has 1 aromatic rings. The molecule has 0 spiro atoms. The summed E-state index contributed by atoms with van der Waals surface area (Å²) in [4.78, 5) is 11.4. The number of aryl methyl sites for hydroxylation is 2. The van der Waals surface area contributed by atoms with Crippen LogP contribution in [0.4, 0.5) is 0 Å². The number of hydrogen-bond donors (Lipinski definition) is 0. The van der Waals surface area contributed by atoms with E-state index in [1.54, 1.807) is 0 Å². The van der Waals surface area contributed by atoms with Crippen LogP contribution in [0.15, 0.2) is 24.3 Å². The first kappa shape index (κ1) is 12.8. The Balaban J connectivity index is 0.000000255. The van der Waals surface area contributed by atoms with Crippen LogP contribution in [0.25, 0.3) is 0 Å². The molecule has 0 amide bonds. The number of aldehydes is 1. The number of nitrogens with zero attached hydrogens (tertiary/aromatic N) is 1. The van der Waals surface area contributed by atoms with Gasteiger partial charge in [-0.1, -0.05) is 35.4 Å². The van der Waals surface area contributed by atoms with Crippen LogP contribution >= 0.6 is 0 Å². The van der Waals surface area contributed by atoms with Crippen molar-refractivity contribution >= 4 is 6.29 Å². The first-order chi connectivity index (χ1) is 6.56. The summed E-state index contributed by atoms with van der Waals surface area (Å²) in [6.45, 7) is 4.74. The normalized spacial score (nSPS) is 9.21. The molecule has 1 rings (SSSR count). The molecule has 1 aromatic carbocycles. The Bertz CT molecular complexity index is 252. The summed E-state index contributed by atoms with van der Waals surface area (Å²) in [6.07, 6.45) is 0.875. The van der Waals surface area contributed by atoms with Crippen LogP contribution in [0.5, 0.6) is 0 Å². The molecule has 2 nitrogen and oxygen atoms in total. The van der Waals surface area contributed by atoms with Crippen LogP contribution in [0.2, 0.25) is 0 Å². The zero-order valence-corrected chi connectivity index (χ0v) is 9.45. The fraction of sp³-hybridized carbons (Fsp3) is 0.417. The van der Waals surface area contributed by atoms with Gasteiger partial charge in [-0.3, -0.25) is 0 Å². The topological polar surface area (TPSA) is 20.3 Å². The van der Waals surface area contributed by atoms with E-state index in [9.17, 15) is 4.79 Å². The molecule has 0 saturated heterocycles. The molecule has 0 fully saturated rings. The van der Waals surface area contributed by atoms with Crippen molar-refractivity contribution in [1.29, 1.82) is 0 Å². The fourth-order valence-electron chi connectivity index (χ4n) is 0.956. The smallest absolute Gasteiger partial charge is 0.133 e. The minimum atomic E-state index is 0.528. The van der Waals surface area contributed by atoms with Gasteiger partial charge in [-0.2, -0.15) is 0 Å². The first-order valence-corrected chi connectivity index (χ1v) is 4.68. The van der Waals surface area contributed by atoms with E-state index in [-0.39, 0.29) is 0 Å². The van der Waals surface area contributed by atoms with Crippen molar-refractivity contribution in [3.63, 3.8) is 0 Å². The van der Waals surface area contributed by atoms with E-state index in [4.69, 9.17) is 0 Å². The monoisotopic (exact) mass is 193 g/mol. The maximum Gasteiger partial charge on any atom is 0.133 e. The van der Waals surface area contributed by atoms with Gasteiger partial charge < -0.3 is 9.69 Å². The van der Waals surface area contributed by atoms with Gasteiger partial charge in [-0.25, -0.2) is 0 Å². The number of carbonyl (C=O) groups excluding carboxylic acids is 1. The molecule has 0 aliphatic rings. The van der Waals surface area contributed by atoms with Gasteiger partial charge in [0.25, 0.3) is 0 Å². The van der Waals surface area contributed by atoms with Crippen LogP contribution in [0, 0.1) is 13.8 Å². The summed E-state index contributed by atoms with van der Waals surface area (Å²) in [5.74, 6) is 0. The van der Waals surface area contributed by atoms with Gasteiger partial charge in [0.1, 0.15) is 6.29 Å². The van der Waals surface area contributed by atoms with Crippen molar-refractivity contribution in [2.75, 3.05) is 20.6 Å². The standard InChI is InChI=1S/C8H10.C4H9NO/c1-7-4-3-5-8(2)6-7;1-5(2)3-4-6/h3-6H,1-2H3;4H,3H2,1-2H3. The summed E-state index contributed by atoms with van der Waals surface area (Å²) in [7, 11) is 3.71. The molecule has 0 aliphatic carbocycles. The van der Waals surface area contributed by atoms with E-state index in [1.165, 1.54) is 11.1 Å². The van der Waals surface area contributed by atoms with Gasteiger partial charge >= 0.3 is 0 Å². The molecule has 0 aromatic heterocycles. The number of benzene rings is 1. The van der Waals surface area contributed by atoms with Crippen LogP contribution in [-0.4, -0.2) is 31.8 Å². The predicted octanol–water partition coefficient (Wildman–Crippen LogP) is 2.05. The average molecular weight is 193 g/mol. The largest absolute Gasteiger partial charge is 0.303 e. The van der Waals surface area contributed by atoms with Crippen molar-refractivity contribution in [3.05, 3.63) is 35.4 Å². The zero-order valence-electron chi connectivity index (χ0n) is 9.45. The third-order valence-electron chi connectivity index (χ3n) is 1.61. The third-order valence-corrected chi connectivity index (χ3v) is 1.61. The molecule has 0 radical (unpaired) electrons. The van der Waals surface area contributed by atoms with Gasteiger partial charge in [0.05, 0.1) is 6.54 Å². The highest BCUT2D eigenvalue weighted by Crippen LogP contribution is 2.00. The highest BCUT2D eigenvalue weighted by Gasteiger charge is 1.80. The van der Waals surface area contributed by atoms with E-state index in [0.717, 1.165) is 6.29 Å². The van der Waals surface area contributed by atoms with Crippen LogP contribution in [-0.2, 0) is 4.79 Å². The van der Waals surface area contributed by atoms with Gasteiger partial charge in [0.2, 0.25) is 0 Å². The maximum absolute atomic E-state index is 9.57. The average Bonchev–Trinajstić information content (AvgIpc) is 2.03. The van der Waals surface area contributed by atoms with Crippen LogP contribution < -0.4 is 0 Å². The van der Waals surface area contributed by atoms with Crippen LogP contribution in [0.3, 0.4) is 0 Å². The second kappa shape index (κ2) is 7.27. The van der Waals surface area contributed by atoms with Gasteiger partial charge in [0.15, 0.2) is 0 Å². The molecule has 0 atom stereocenters. The summed E-state index contributed by atoms with van der Waals surface area (Å²) in [6, 6.07) is 8.45. The van der Waals surface area contributed by atoms with E-state index in [1.807, 2.05) is 19.0 Å². The van der Waals surface area contributed by atoms with Gasteiger partial charge in [-0.05, 0) is 27.9 Å². The molecule has 78 valence electrons. The number of carbonyl (C=O) groups is 1. The molecular weight excluding hydrogens is 174 g/mol. The van der Waals surface area contributed by atoms with Gasteiger partial charge in [0, 0.05) is 0 Å². The molecule has 0 aliphatic heterocycles. The Morgan fingerprint density at radius 1 is 1.21 bits per heavy atom. The molecule has 0 unspecified atom stereocenters. The molecule has 14 heavy (non-hydrogen) atoms. The maximum atomic E-state index is 9.57. The Labute approximate surface area is 86.5 Å². The Kier molecular flexibility index (Phi) is 6.68. The fourth-order valence-corrected chi connectivity index (χ4v) is 0.956. The van der Waals surface area contributed by atoms with Crippen molar-refractivity contribution < 1.29 is 4.79 Å². The van der Waals surface area contributed by atoms with Crippen LogP contribution in [0.1, 0.15) is 11.1 Å². The summed E-state index contributed by atoms with van der Waals surface area (Å²) in [5, 5.41) is 0. The van der Waals surface area contributed by atoms with E-state index >= 15 is 0 Å². The summed E-state index contributed by atoms with van der Waals surface area (Å²) >= 11 is 0. The minimum Gasteiger partial charge on any atom is -0.303 e. The van der Waals surface area contributed by atoms with E-state index in [0.29, 0.717) is 6.54 Å². The minimum absolute atomic E-state index is 0.528. The quantitative estimate of drug-likeness (QED) is 0.670.